The Labute approximate surface area is 158 Å². The Bertz CT molecular complexity index is 953. The molecule has 0 amide bonds. The van der Waals surface area contributed by atoms with Crippen LogP contribution in [0.1, 0.15) is 6.42 Å². The van der Waals surface area contributed by atoms with Crippen molar-refractivity contribution in [3.63, 3.8) is 0 Å². The molecular weight excluding hydrogens is 377 g/mol. The Hall–Kier alpha value is -3.43. The molecule has 0 bridgehead atoms. The van der Waals surface area contributed by atoms with E-state index in [1.165, 1.54) is 0 Å². The number of alkyl halides is 3. The van der Waals surface area contributed by atoms with Crippen molar-refractivity contribution in [2.45, 2.75) is 19.1 Å². The van der Waals surface area contributed by atoms with Crippen LogP contribution in [0.2, 0.25) is 0 Å². The number of carboxylic acid groups (broad SMARTS) is 1. The van der Waals surface area contributed by atoms with E-state index in [1.807, 2.05) is 57.9 Å². The van der Waals surface area contributed by atoms with Gasteiger partial charge in [-0.05, 0) is 12.1 Å². The van der Waals surface area contributed by atoms with Gasteiger partial charge in [0.25, 0.3) is 0 Å². The molecule has 0 spiro atoms. The van der Waals surface area contributed by atoms with Crippen molar-refractivity contribution in [2.75, 3.05) is 7.11 Å². The summed E-state index contributed by atoms with van der Waals surface area (Å²) in [6.07, 6.45) is 1.31. The van der Waals surface area contributed by atoms with Gasteiger partial charge in [0.05, 0.1) is 7.11 Å². The third kappa shape index (κ3) is 5.53. The first-order chi connectivity index (χ1) is 13.2. The van der Waals surface area contributed by atoms with E-state index in [0.29, 0.717) is 6.54 Å². The highest BCUT2D eigenvalue weighted by Gasteiger charge is 2.33. The van der Waals surface area contributed by atoms with E-state index >= 15 is 0 Å². The predicted molar refractivity (Wildman–Crippen MR) is 93.1 cm³/mol. The van der Waals surface area contributed by atoms with Crippen molar-refractivity contribution >= 4 is 11.6 Å². The number of methoxy groups -OCH3 is 1. The van der Waals surface area contributed by atoms with Crippen LogP contribution in [0, 0.1) is 0 Å². The van der Waals surface area contributed by atoms with Crippen LogP contribution >= 0.6 is 0 Å². The fraction of sp³-hybridized carbons (Fsp3) is 0.222. The normalized spacial score (nSPS) is 10.9. The lowest BCUT2D eigenvalue weighted by atomic mass is 10.2. The summed E-state index contributed by atoms with van der Waals surface area (Å²) in [4.78, 5) is 10.5. The van der Waals surface area contributed by atoms with Crippen LogP contribution in [-0.4, -0.2) is 39.0 Å². The topological polar surface area (TPSA) is 80.6 Å². The molecule has 0 aromatic carbocycles. The molecule has 148 valence electrons. The van der Waals surface area contributed by atoms with E-state index < -0.39 is 17.9 Å². The average molecular weight is 395 g/mol. The van der Waals surface area contributed by atoms with Gasteiger partial charge < -0.3 is 9.84 Å². The molecule has 3 heterocycles. The largest absolute Gasteiger partial charge is 0.493 e. The molecule has 0 fully saturated rings. The molecule has 0 atom stereocenters. The van der Waals surface area contributed by atoms with Gasteiger partial charge in [0.2, 0.25) is 0 Å². The number of aliphatic carboxylic acids is 1. The summed E-state index contributed by atoms with van der Waals surface area (Å²) < 4.78 is 41.2. The maximum atomic E-state index is 11.2. The Balaban J connectivity index is 0.000000300. The second kappa shape index (κ2) is 8.98. The molecule has 0 saturated heterocycles. The lowest BCUT2D eigenvalue weighted by molar-refractivity contribution is -0.695. The molecule has 0 aliphatic rings. The van der Waals surface area contributed by atoms with Gasteiger partial charge in [-0.1, -0.05) is 12.6 Å². The summed E-state index contributed by atoms with van der Waals surface area (Å²) in [5.41, 5.74) is 1.74. The quantitative estimate of drug-likeness (QED) is 0.531. The highest BCUT2D eigenvalue weighted by atomic mass is 19.4. The number of nitrogens with zero attached hydrogens (tertiary/aromatic N) is 4. The molecule has 0 saturated carbocycles. The van der Waals surface area contributed by atoms with Crippen molar-refractivity contribution in [1.29, 1.82) is 0 Å². The van der Waals surface area contributed by atoms with Crippen molar-refractivity contribution in [3.05, 3.63) is 61.3 Å². The van der Waals surface area contributed by atoms with Crippen LogP contribution in [0.3, 0.4) is 0 Å². The summed E-state index contributed by atoms with van der Waals surface area (Å²) in [5, 5.41) is 16.9. The van der Waals surface area contributed by atoms with E-state index in [4.69, 9.17) is 5.11 Å². The number of ether oxygens (including phenoxy) is 1. The number of hydrogen-bond acceptors (Lipinski definition) is 4. The van der Waals surface area contributed by atoms with Crippen LogP contribution in [0.25, 0.3) is 17.0 Å². The standard InChI is InChI=1S/C14H12N4O2.C4H5F3O/c19-13(20)6-10-17-8-4-11(5-9-17)14-16-15-12-3-1-2-7-18(12)14;1-3(8-2)4(5,6)7/h1-5,7-9H,6,10H2;1H2,2H3/p+1. The van der Waals surface area contributed by atoms with Gasteiger partial charge >= 0.3 is 12.1 Å². The van der Waals surface area contributed by atoms with E-state index in [9.17, 15) is 18.0 Å². The summed E-state index contributed by atoms with van der Waals surface area (Å²) >= 11 is 0. The highest BCUT2D eigenvalue weighted by molar-refractivity contribution is 5.66. The zero-order chi connectivity index (χ0) is 20.7. The number of carbonyl (C=O) groups is 1. The molecular formula is C18H18F3N4O3+. The minimum absolute atomic E-state index is 0.109. The van der Waals surface area contributed by atoms with Crippen LogP contribution in [0.15, 0.2) is 61.3 Å². The number of allylic oxidation sites excluding steroid dienone is 1. The molecule has 0 aliphatic heterocycles. The van der Waals surface area contributed by atoms with Gasteiger partial charge in [-0.3, -0.25) is 9.20 Å². The maximum Gasteiger partial charge on any atom is 0.448 e. The lowest BCUT2D eigenvalue weighted by Crippen LogP contribution is -2.33. The summed E-state index contributed by atoms with van der Waals surface area (Å²) in [6, 6.07) is 9.55. The van der Waals surface area contributed by atoms with Gasteiger partial charge in [-0.2, -0.15) is 13.2 Å². The molecule has 0 radical (unpaired) electrons. The second-order valence-corrected chi connectivity index (χ2v) is 5.55. The van der Waals surface area contributed by atoms with E-state index in [1.54, 1.807) is 0 Å². The van der Waals surface area contributed by atoms with Crippen molar-refractivity contribution in [1.82, 2.24) is 14.6 Å². The Morgan fingerprint density at radius 3 is 2.46 bits per heavy atom. The third-order valence-corrected chi connectivity index (χ3v) is 3.61. The molecule has 3 aromatic rings. The van der Waals surface area contributed by atoms with Crippen LogP contribution in [-0.2, 0) is 16.1 Å². The number of aromatic nitrogens is 4. The van der Waals surface area contributed by atoms with Gasteiger partial charge in [-0.25, -0.2) is 4.57 Å². The lowest BCUT2D eigenvalue weighted by Gasteiger charge is -2.06. The first-order valence-corrected chi connectivity index (χ1v) is 8.03. The van der Waals surface area contributed by atoms with Crippen molar-refractivity contribution in [2.24, 2.45) is 0 Å². The van der Waals surface area contributed by atoms with Gasteiger partial charge in [0.1, 0.15) is 6.42 Å². The fourth-order valence-electron chi connectivity index (χ4n) is 2.13. The minimum atomic E-state index is -4.41. The molecule has 10 heteroatoms. The van der Waals surface area contributed by atoms with Crippen molar-refractivity contribution < 1.29 is 32.4 Å². The fourth-order valence-corrected chi connectivity index (χ4v) is 2.13. The second-order valence-electron chi connectivity index (χ2n) is 5.55. The average Bonchev–Trinajstić information content (AvgIpc) is 3.10. The molecule has 28 heavy (non-hydrogen) atoms. The number of fused-ring (bicyclic) bond motifs is 1. The van der Waals surface area contributed by atoms with Crippen LogP contribution in [0.4, 0.5) is 13.2 Å². The van der Waals surface area contributed by atoms with E-state index in [2.05, 4.69) is 21.5 Å². The molecule has 0 unspecified atom stereocenters. The predicted octanol–water partition coefficient (Wildman–Crippen LogP) is 2.87. The van der Waals surface area contributed by atoms with Gasteiger partial charge in [0.15, 0.2) is 36.2 Å². The van der Waals surface area contributed by atoms with E-state index in [-0.39, 0.29) is 6.42 Å². The van der Waals surface area contributed by atoms with E-state index in [0.717, 1.165) is 24.1 Å². The van der Waals surface area contributed by atoms with Gasteiger partial charge in [-0.15, -0.1) is 10.2 Å². The number of pyridine rings is 2. The third-order valence-electron chi connectivity index (χ3n) is 3.61. The minimum Gasteiger partial charge on any atom is -0.493 e. The number of halogens is 3. The Morgan fingerprint density at radius 1 is 1.25 bits per heavy atom. The number of aryl methyl sites for hydroxylation is 1. The summed E-state index contributed by atoms with van der Waals surface area (Å²) in [7, 11) is 0.926. The summed E-state index contributed by atoms with van der Waals surface area (Å²) in [6.45, 7) is 3.05. The molecule has 1 N–H and O–H groups in total. The molecule has 0 aliphatic carbocycles. The molecule has 7 nitrogen and oxygen atoms in total. The SMILES string of the molecule is C=C(OC)C(F)(F)F.O=C(O)CC[n+]1ccc(-c2nnc3ccccn23)cc1. The Morgan fingerprint density at radius 2 is 1.93 bits per heavy atom. The molecule has 3 rings (SSSR count). The summed E-state index contributed by atoms with van der Waals surface area (Å²) in [5.74, 6) is -1.20. The Kier molecular flexibility index (Phi) is 6.69. The molecule has 3 aromatic heterocycles. The van der Waals surface area contributed by atoms with Gasteiger partial charge in [0, 0.05) is 23.9 Å². The smallest absolute Gasteiger partial charge is 0.448 e. The maximum absolute atomic E-state index is 11.2. The monoisotopic (exact) mass is 395 g/mol. The number of rotatable bonds is 5. The first-order valence-electron chi connectivity index (χ1n) is 8.03. The number of hydrogen-bond donors (Lipinski definition) is 1. The zero-order valence-corrected chi connectivity index (χ0v) is 14.9. The number of carboxylic acids is 1. The van der Waals surface area contributed by atoms with Crippen LogP contribution in [0.5, 0.6) is 0 Å². The highest BCUT2D eigenvalue weighted by Crippen LogP contribution is 2.23. The van der Waals surface area contributed by atoms with Crippen LogP contribution < -0.4 is 4.57 Å². The zero-order valence-electron chi connectivity index (χ0n) is 14.9. The first kappa shape index (κ1) is 20.9. The van der Waals surface area contributed by atoms with Crippen molar-refractivity contribution in [3.8, 4) is 11.4 Å².